The first-order chi connectivity index (χ1) is 12.7. The Labute approximate surface area is 153 Å². The molecule has 4 rings (SSSR count). The molecule has 0 unspecified atom stereocenters. The fourth-order valence-corrected chi connectivity index (χ4v) is 4.29. The molecule has 0 bridgehead atoms. The van der Waals surface area contributed by atoms with Crippen molar-refractivity contribution in [1.29, 1.82) is 0 Å². The van der Waals surface area contributed by atoms with E-state index in [4.69, 9.17) is 0 Å². The Kier molecular flexibility index (Phi) is 4.62. The van der Waals surface area contributed by atoms with E-state index >= 15 is 0 Å². The van der Waals surface area contributed by atoms with Gasteiger partial charge in [0, 0.05) is 18.7 Å². The van der Waals surface area contributed by atoms with Crippen LogP contribution in [-0.4, -0.2) is 35.7 Å². The van der Waals surface area contributed by atoms with Crippen molar-refractivity contribution in [2.45, 2.75) is 38.5 Å². The molecular weight excluding hydrogens is 328 g/mol. The fraction of sp³-hybridized carbons (Fsp3) is 0.476. The van der Waals surface area contributed by atoms with Crippen LogP contribution in [-0.2, 0) is 9.59 Å². The van der Waals surface area contributed by atoms with E-state index < -0.39 is 0 Å². The lowest BCUT2D eigenvalue weighted by Crippen LogP contribution is -2.33. The summed E-state index contributed by atoms with van der Waals surface area (Å²) in [6.07, 6.45) is 9.60. The number of benzene rings is 1. The minimum Gasteiger partial charge on any atom is -0.339 e. The van der Waals surface area contributed by atoms with Gasteiger partial charge in [0.2, 0.25) is 11.8 Å². The largest absolute Gasteiger partial charge is 0.339 e. The van der Waals surface area contributed by atoms with Crippen LogP contribution >= 0.6 is 0 Å². The van der Waals surface area contributed by atoms with E-state index in [1.165, 1.54) is 4.90 Å². The monoisotopic (exact) mass is 352 g/mol. The Bertz CT molecular complexity index is 736. The van der Waals surface area contributed by atoms with Gasteiger partial charge >= 0.3 is 0 Å². The molecule has 1 aromatic carbocycles. The number of likely N-dealkylation sites (tertiary alicyclic amines) is 1. The predicted octanol–water partition coefficient (Wildman–Crippen LogP) is 3.16. The second-order valence-electron chi connectivity index (χ2n) is 7.42. The maximum atomic E-state index is 12.9. The van der Waals surface area contributed by atoms with Crippen molar-refractivity contribution < 1.29 is 14.4 Å². The van der Waals surface area contributed by atoms with E-state index in [9.17, 15) is 14.4 Å². The molecule has 1 aromatic rings. The molecule has 3 aliphatic rings. The van der Waals surface area contributed by atoms with Gasteiger partial charge in [0.05, 0.1) is 17.5 Å². The molecule has 0 N–H and O–H groups in total. The zero-order valence-electron chi connectivity index (χ0n) is 14.9. The van der Waals surface area contributed by atoms with Crippen LogP contribution in [0.15, 0.2) is 36.4 Å². The molecule has 26 heavy (non-hydrogen) atoms. The minimum atomic E-state index is -0.252. The van der Waals surface area contributed by atoms with Crippen LogP contribution in [0.25, 0.3) is 0 Å². The molecule has 2 saturated heterocycles. The van der Waals surface area contributed by atoms with Gasteiger partial charge in [0.25, 0.3) is 5.91 Å². The van der Waals surface area contributed by atoms with E-state index in [1.54, 1.807) is 24.3 Å². The molecule has 5 nitrogen and oxygen atoms in total. The Morgan fingerprint density at radius 3 is 2.12 bits per heavy atom. The summed E-state index contributed by atoms with van der Waals surface area (Å²) in [6, 6.07) is 6.99. The number of imide groups is 1. The van der Waals surface area contributed by atoms with Crippen molar-refractivity contribution in [1.82, 2.24) is 4.90 Å². The molecule has 136 valence electrons. The molecule has 3 amide bonds. The SMILES string of the molecule is O=C(c1cccc(N2C(=O)[C@H]3CC=CC[C@H]3C2=O)c1)N1CCCCCC1. The second kappa shape index (κ2) is 7.06. The summed E-state index contributed by atoms with van der Waals surface area (Å²) < 4.78 is 0. The van der Waals surface area contributed by atoms with Gasteiger partial charge in [0.15, 0.2) is 0 Å². The molecule has 0 aromatic heterocycles. The highest BCUT2D eigenvalue weighted by atomic mass is 16.2. The molecule has 2 aliphatic heterocycles. The molecule has 2 heterocycles. The number of fused-ring (bicyclic) bond motifs is 1. The van der Waals surface area contributed by atoms with E-state index in [2.05, 4.69) is 0 Å². The van der Waals surface area contributed by atoms with Crippen molar-refractivity contribution in [2.75, 3.05) is 18.0 Å². The maximum absolute atomic E-state index is 12.9. The van der Waals surface area contributed by atoms with Gasteiger partial charge in [-0.2, -0.15) is 0 Å². The van der Waals surface area contributed by atoms with Crippen molar-refractivity contribution in [2.24, 2.45) is 11.8 Å². The molecule has 5 heteroatoms. The second-order valence-corrected chi connectivity index (χ2v) is 7.42. The summed E-state index contributed by atoms with van der Waals surface area (Å²) in [6.45, 7) is 1.56. The third-order valence-corrected chi connectivity index (χ3v) is 5.75. The average Bonchev–Trinajstić information content (AvgIpc) is 2.86. The molecule has 2 atom stereocenters. The van der Waals surface area contributed by atoms with Crippen molar-refractivity contribution >= 4 is 23.4 Å². The third kappa shape index (κ3) is 2.96. The number of anilines is 1. The summed E-state index contributed by atoms with van der Waals surface area (Å²) in [5, 5.41) is 0. The summed E-state index contributed by atoms with van der Waals surface area (Å²) in [7, 11) is 0. The summed E-state index contributed by atoms with van der Waals surface area (Å²) >= 11 is 0. The number of carbonyl (C=O) groups excluding carboxylic acids is 3. The number of allylic oxidation sites excluding steroid dienone is 2. The number of amides is 3. The van der Waals surface area contributed by atoms with Crippen LogP contribution < -0.4 is 4.90 Å². The van der Waals surface area contributed by atoms with Gasteiger partial charge in [-0.1, -0.05) is 31.1 Å². The lowest BCUT2D eigenvalue weighted by atomic mass is 9.85. The van der Waals surface area contributed by atoms with Gasteiger partial charge in [-0.25, -0.2) is 0 Å². The lowest BCUT2D eigenvalue weighted by molar-refractivity contribution is -0.122. The normalized spacial score (nSPS) is 26.0. The average molecular weight is 352 g/mol. The molecule has 1 aliphatic carbocycles. The van der Waals surface area contributed by atoms with E-state index in [1.807, 2.05) is 17.1 Å². The van der Waals surface area contributed by atoms with Crippen LogP contribution in [0, 0.1) is 11.8 Å². The number of hydrogen-bond acceptors (Lipinski definition) is 3. The Hall–Kier alpha value is -2.43. The molecule has 0 radical (unpaired) electrons. The Morgan fingerprint density at radius 1 is 0.885 bits per heavy atom. The van der Waals surface area contributed by atoms with Gasteiger partial charge in [-0.05, 0) is 43.9 Å². The highest BCUT2D eigenvalue weighted by molar-refractivity contribution is 6.22. The van der Waals surface area contributed by atoms with Crippen LogP contribution in [0.1, 0.15) is 48.9 Å². The summed E-state index contributed by atoms with van der Waals surface area (Å²) in [5.41, 5.74) is 1.08. The smallest absolute Gasteiger partial charge is 0.253 e. The van der Waals surface area contributed by atoms with E-state index in [-0.39, 0.29) is 29.6 Å². The summed E-state index contributed by atoms with van der Waals surface area (Å²) in [4.78, 5) is 41.6. The van der Waals surface area contributed by atoms with Gasteiger partial charge in [0.1, 0.15) is 0 Å². The Morgan fingerprint density at radius 2 is 1.50 bits per heavy atom. The van der Waals surface area contributed by atoms with Gasteiger partial charge < -0.3 is 4.90 Å². The lowest BCUT2D eigenvalue weighted by Gasteiger charge is -2.21. The van der Waals surface area contributed by atoms with Gasteiger partial charge in [-0.15, -0.1) is 0 Å². The molecule has 0 spiro atoms. The standard InChI is InChI=1S/C21H24N2O3/c24-19(22-12-5-1-2-6-13-22)15-8-7-9-16(14-15)23-20(25)17-10-3-4-11-18(17)21(23)26/h3-4,7-9,14,17-18H,1-2,5-6,10-13H2/t17-,18+. The first-order valence-electron chi connectivity index (χ1n) is 9.59. The number of rotatable bonds is 2. The minimum absolute atomic E-state index is 0.00747. The topological polar surface area (TPSA) is 57.7 Å². The molecule has 0 saturated carbocycles. The zero-order chi connectivity index (χ0) is 18.1. The number of hydrogen-bond donors (Lipinski definition) is 0. The number of nitrogens with zero attached hydrogens (tertiary/aromatic N) is 2. The van der Waals surface area contributed by atoms with Crippen LogP contribution in [0.4, 0.5) is 5.69 Å². The quantitative estimate of drug-likeness (QED) is 0.607. The fourth-order valence-electron chi connectivity index (χ4n) is 4.29. The highest BCUT2D eigenvalue weighted by Crippen LogP contribution is 2.37. The third-order valence-electron chi connectivity index (χ3n) is 5.75. The molecule has 2 fully saturated rings. The van der Waals surface area contributed by atoms with E-state index in [0.717, 1.165) is 38.8 Å². The van der Waals surface area contributed by atoms with Crippen molar-refractivity contribution in [3.63, 3.8) is 0 Å². The maximum Gasteiger partial charge on any atom is 0.253 e. The highest BCUT2D eigenvalue weighted by Gasteiger charge is 2.47. The first-order valence-corrected chi connectivity index (χ1v) is 9.59. The Balaban J connectivity index is 1.59. The summed E-state index contributed by atoms with van der Waals surface area (Å²) in [5.74, 6) is -0.783. The van der Waals surface area contributed by atoms with Crippen LogP contribution in [0.5, 0.6) is 0 Å². The van der Waals surface area contributed by atoms with Crippen molar-refractivity contribution in [3.05, 3.63) is 42.0 Å². The molecular formula is C21H24N2O3. The zero-order valence-corrected chi connectivity index (χ0v) is 14.9. The van der Waals surface area contributed by atoms with Crippen LogP contribution in [0.2, 0.25) is 0 Å². The van der Waals surface area contributed by atoms with Crippen molar-refractivity contribution in [3.8, 4) is 0 Å². The predicted molar refractivity (Wildman–Crippen MR) is 98.7 cm³/mol. The first kappa shape index (κ1) is 17.0. The van der Waals surface area contributed by atoms with Gasteiger partial charge in [-0.3, -0.25) is 19.3 Å². The number of carbonyl (C=O) groups is 3. The van der Waals surface area contributed by atoms with Crippen LogP contribution in [0.3, 0.4) is 0 Å². The van der Waals surface area contributed by atoms with E-state index in [0.29, 0.717) is 24.1 Å².